The molecule has 22 heavy (non-hydrogen) atoms. The topological polar surface area (TPSA) is 17.8 Å². The highest BCUT2D eigenvalue weighted by molar-refractivity contribution is 7.09. The summed E-state index contributed by atoms with van der Waals surface area (Å²) >= 11 is 1.79. The minimum atomic E-state index is 0.863. The Morgan fingerprint density at radius 1 is 0.864 bits per heavy atom. The van der Waals surface area contributed by atoms with Crippen LogP contribution in [0, 0.1) is 0 Å². The van der Waals surface area contributed by atoms with Gasteiger partial charge in [-0.1, -0.05) is 48.5 Å². The van der Waals surface area contributed by atoms with Crippen LogP contribution >= 0.6 is 11.3 Å². The van der Waals surface area contributed by atoms with Gasteiger partial charge in [-0.25, -0.2) is 4.98 Å². The first kappa shape index (κ1) is 13.3. The number of hydrogen-bond acceptors (Lipinski definition) is 2. The van der Waals surface area contributed by atoms with Crippen LogP contribution in [-0.4, -0.2) is 9.55 Å². The Labute approximate surface area is 133 Å². The van der Waals surface area contributed by atoms with E-state index in [1.807, 2.05) is 0 Å². The van der Waals surface area contributed by atoms with Gasteiger partial charge in [0.05, 0.1) is 11.0 Å². The quantitative estimate of drug-likeness (QED) is 0.532. The second-order valence-corrected chi connectivity index (χ2v) is 6.38. The number of fused-ring (bicyclic) bond motifs is 1. The van der Waals surface area contributed by atoms with Crippen molar-refractivity contribution in [1.82, 2.24) is 9.55 Å². The molecule has 0 fully saturated rings. The second-order valence-electron chi connectivity index (χ2n) is 5.34. The molecule has 2 aromatic carbocycles. The van der Waals surface area contributed by atoms with E-state index >= 15 is 0 Å². The molecule has 0 saturated heterocycles. The Kier molecular flexibility index (Phi) is 3.49. The van der Waals surface area contributed by atoms with Crippen LogP contribution in [0.4, 0.5) is 0 Å². The molecule has 3 heteroatoms. The SMILES string of the molecule is c1ccc(Cn2c(Cc3cccs3)nc3ccccc32)cc1. The zero-order valence-corrected chi connectivity index (χ0v) is 13.0. The minimum Gasteiger partial charge on any atom is -0.323 e. The van der Waals surface area contributed by atoms with Gasteiger partial charge in [-0.05, 0) is 29.1 Å². The van der Waals surface area contributed by atoms with Gasteiger partial charge in [-0.2, -0.15) is 0 Å². The molecule has 0 spiro atoms. The fraction of sp³-hybridized carbons (Fsp3) is 0.105. The molecule has 0 aliphatic heterocycles. The van der Waals surface area contributed by atoms with E-state index in [1.165, 1.54) is 16.0 Å². The number of rotatable bonds is 4. The molecule has 0 aliphatic rings. The normalized spacial score (nSPS) is 11.1. The van der Waals surface area contributed by atoms with Gasteiger partial charge in [-0.3, -0.25) is 0 Å². The summed E-state index contributed by atoms with van der Waals surface area (Å²) in [6, 6.07) is 23.2. The van der Waals surface area contributed by atoms with E-state index in [4.69, 9.17) is 4.98 Å². The maximum absolute atomic E-state index is 4.85. The summed E-state index contributed by atoms with van der Waals surface area (Å²) in [5.74, 6) is 1.13. The van der Waals surface area contributed by atoms with Gasteiger partial charge in [0.1, 0.15) is 5.82 Å². The molecule has 2 heterocycles. The summed E-state index contributed by atoms with van der Waals surface area (Å²) < 4.78 is 2.34. The van der Waals surface area contributed by atoms with Gasteiger partial charge in [0.15, 0.2) is 0 Å². The van der Waals surface area contributed by atoms with Gasteiger partial charge in [0.2, 0.25) is 0 Å². The summed E-state index contributed by atoms with van der Waals surface area (Å²) in [6.45, 7) is 0.863. The van der Waals surface area contributed by atoms with Crippen LogP contribution in [0.25, 0.3) is 11.0 Å². The Morgan fingerprint density at radius 3 is 2.50 bits per heavy atom. The number of para-hydroxylation sites is 2. The van der Waals surface area contributed by atoms with Gasteiger partial charge < -0.3 is 4.57 Å². The number of nitrogens with zero attached hydrogens (tertiary/aromatic N) is 2. The second kappa shape index (κ2) is 5.78. The van der Waals surface area contributed by atoms with Crippen molar-refractivity contribution in [2.75, 3.05) is 0 Å². The van der Waals surface area contributed by atoms with Gasteiger partial charge >= 0.3 is 0 Å². The molecule has 0 saturated carbocycles. The zero-order chi connectivity index (χ0) is 14.8. The van der Waals surface area contributed by atoms with E-state index in [-0.39, 0.29) is 0 Å². The lowest BCUT2D eigenvalue weighted by Gasteiger charge is -2.09. The highest BCUT2D eigenvalue weighted by atomic mass is 32.1. The molecule has 0 radical (unpaired) electrons. The van der Waals surface area contributed by atoms with E-state index in [2.05, 4.69) is 76.7 Å². The minimum absolute atomic E-state index is 0.863. The Hall–Kier alpha value is -2.39. The van der Waals surface area contributed by atoms with E-state index in [1.54, 1.807) is 11.3 Å². The molecule has 108 valence electrons. The van der Waals surface area contributed by atoms with E-state index in [9.17, 15) is 0 Å². The average molecular weight is 304 g/mol. The lowest BCUT2D eigenvalue weighted by atomic mass is 10.2. The van der Waals surface area contributed by atoms with E-state index < -0.39 is 0 Å². The summed E-state index contributed by atoms with van der Waals surface area (Å²) in [5.41, 5.74) is 3.58. The molecule has 0 N–H and O–H groups in total. The molecular weight excluding hydrogens is 288 g/mol. The Balaban J connectivity index is 1.79. The van der Waals surface area contributed by atoms with Crippen molar-refractivity contribution in [2.45, 2.75) is 13.0 Å². The lowest BCUT2D eigenvalue weighted by molar-refractivity contribution is 0.765. The predicted molar refractivity (Wildman–Crippen MR) is 92.4 cm³/mol. The van der Waals surface area contributed by atoms with Crippen LogP contribution in [0.5, 0.6) is 0 Å². The summed E-state index contributed by atoms with van der Waals surface area (Å²) in [7, 11) is 0. The number of imidazole rings is 1. The molecule has 0 amide bonds. The van der Waals surface area contributed by atoms with Gasteiger partial charge in [0.25, 0.3) is 0 Å². The predicted octanol–water partition coefficient (Wildman–Crippen LogP) is 4.74. The van der Waals surface area contributed by atoms with Crippen molar-refractivity contribution >= 4 is 22.4 Å². The van der Waals surface area contributed by atoms with Crippen molar-refractivity contribution in [3.63, 3.8) is 0 Å². The largest absolute Gasteiger partial charge is 0.323 e. The summed E-state index contributed by atoms with van der Waals surface area (Å²) in [4.78, 5) is 6.20. The van der Waals surface area contributed by atoms with Gasteiger partial charge in [-0.15, -0.1) is 11.3 Å². The number of aromatic nitrogens is 2. The monoisotopic (exact) mass is 304 g/mol. The number of hydrogen-bond donors (Lipinski definition) is 0. The third kappa shape index (κ3) is 2.55. The first-order chi connectivity index (χ1) is 10.9. The van der Waals surface area contributed by atoms with E-state index in [0.29, 0.717) is 0 Å². The fourth-order valence-corrected chi connectivity index (χ4v) is 3.47. The Bertz CT molecular complexity index is 876. The smallest absolute Gasteiger partial charge is 0.115 e. The van der Waals surface area contributed by atoms with Crippen molar-refractivity contribution < 1.29 is 0 Å². The van der Waals surface area contributed by atoms with Crippen molar-refractivity contribution in [1.29, 1.82) is 0 Å². The molecule has 4 aromatic rings. The van der Waals surface area contributed by atoms with Crippen molar-refractivity contribution in [2.24, 2.45) is 0 Å². The molecule has 2 aromatic heterocycles. The summed E-state index contributed by atoms with van der Waals surface area (Å²) in [6.07, 6.45) is 0.888. The van der Waals surface area contributed by atoms with Crippen molar-refractivity contribution in [3.8, 4) is 0 Å². The molecule has 0 atom stereocenters. The van der Waals surface area contributed by atoms with Crippen LogP contribution in [0.1, 0.15) is 16.3 Å². The van der Waals surface area contributed by atoms with E-state index in [0.717, 1.165) is 24.3 Å². The molecule has 0 bridgehead atoms. The maximum Gasteiger partial charge on any atom is 0.115 e. The highest BCUT2D eigenvalue weighted by Gasteiger charge is 2.11. The molecule has 2 nitrogen and oxygen atoms in total. The number of thiophene rings is 1. The van der Waals surface area contributed by atoms with Crippen LogP contribution in [0.15, 0.2) is 72.1 Å². The van der Waals surface area contributed by atoms with Crippen LogP contribution in [-0.2, 0) is 13.0 Å². The molecule has 0 aliphatic carbocycles. The van der Waals surface area contributed by atoms with Crippen molar-refractivity contribution in [3.05, 3.63) is 88.4 Å². The standard InChI is InChI=1S/C19H16N2S/c1-2-7-15(8-3-1)14-21-18-11-5-4-10-17(18)20-19(21)13-16-9-6-12-22-16/h1-12H,13-14H2. The first-order valence-electron chi connectivity index (χ1n) is 7.40. The number of benzene rings is 2. The zero-order valence-electron chi connectivity index (χ0n) is 12.1. The highest BCUT2D eigenvalue weighted by Crippen LogP contribution is 2.21. The third-order valence-electron chi connectivity index (χ3n) is 3.83. The molecular formula is C19H16N2S. The molecule has 4 rings (SSSR count). The third-order valence-corrected chi connectivity index (χ3v) is 4.71. The van der Waals surface area contributed by atoms with Crippen LogP contribution in [0.3, 0.4) is 0 Å². The molecule has 0 unspecified atom stereocenters. The van der Waals surface area contributed by atoms with Crippen LogP contribution in [0.2, 0.25) is 0 Å². The van der Waals surface area contributed by atoms with Gasteiger partial charge in [0, 0.05) is 17.8 Å². The average Bonchev–Trinajstić information content (AvgIpc) is 3.18. The summed E-state index contributed by atoms with van der Waals surface area (Å²) in [5, 5.41) is 2.12. The van der Waals surface area contributed by atoms with Crippen LogP contribution < -0.4 is 0 Å². The first-order valence-corrected chi connectivity index (χ1v) is 8.28. The lowest BCUT2D eigenvalue weighted by Crippen LogP contribution is -2.05. The Morgan fingerprint density at radius 2 is 1.68 bits per heavy atom. The maximum atomic E-state index is 4.85. The fourth-order valence-electron chi connectivity index (χ4n) is 2.77.